The van der Waals surface area contributed by atoms with E-state index in [2.05, 4.69) is 4.74 Å². The summed E-state index contributed by atoms with van der Waals surface area (Å²) >= 11 is 6.77. The maximum Gasteiger partial charge on any atom is 0.349 e. The Kier molecular flexibility index (Phi) is 5.88. The summed E-state index contributed by atoms with van der Waals surface area (Å²) in [7, 11) is -2.72. The van der Waals surface area contributed by atoms with Gasteiger partial charge in [-0.1, -0.05) is 11.6 Å². The van der Waals surface area contributed by atoms with Crippen LogP contribution in [-0.4, -0.2) is 75.5 Å². The highest BCUT2D eigenvalue weighted by molar-refractivity contribution is 7.89. The molecule has 3 heterocycles. The summed E-state index contributed by atoms with van der Waals surface area (Å²) in [5.74, 6) is -0.832. The van der Waals surface area contributed by atoms with Crippen molar-refractivity contribution < 1.29 is 27.5 Å². The fourth-order valence-electron chi connectivity index (χ4n) is 3.04. The molecule has 0 spiro atoms. The highest BCUT2D eigenvalue weighted by Gasteiger charge is 2.36. The lowest BCUT2D eigenvalue weighted by Gasteiger charge is -2.35. The summed E-state index contributed by atoms with van der Waals surface area (Å²) in [6, 6.07) is 1.26. The van der Waals surface area contributed by atoms with E-state index >= 15 is 0 Å². The molecule has 144 valence electrons. The number of rotatable bonds is 4. The number of sulfonamides is 1. The van der Waals surface area contributed by atoms with Gasteiger partial charge in [0.2, 0.25) is 10.0 Å². The largest absolute Gasteiger partial charge is 0.465 e. The summed E-state index contributed by atoms with van der Waals surface area (Å²) in [6.07, 6.45) is 1.15. The van der Waals surface area contributed by atoms with Gasteiger partial charge in [0.05, 0.1) is 11.4 Å². The van der Waals surface area contributed by atoms with Crippen LogP contribution in [0.2, 0.25) is 4.34 Å². The summed E-state index contributed by atoms with van der Waals surface area (Å²) in [4.78, 5) is 25.6. The quantitative estimate of drug-likeness (QED) is 0.677. The van der Waals surface area contributed by atoms with Crippen molar-refractivity contribution in [3.05, 3.63) is 15.3 Å². The van der Waals surface area contributed by atoms with Gasteiger partial charge in [-0.15, -0.1) is 11.3 Å². The normalized spacial score (nSPS) is 21.8. The van der Waals surface area contributed by atoms with Crippen molar-refractivity contribution in [1.29, 1.82) is 0 Å². The first-order valence-electron chi connectivity index (χ1n) is 8.13. The Hall–Kier alpha value is -1.20. The van der Waals surface area contributed by atoms with E-state index in [4.69, 9.17) is 16.3 Å². The molecule has 8 nitrogen and oxygen atoms in total. The number of methoxy groups -OCH3 is 1. The molecule has 0 aliphatic carbocycles. The van der Waals surface area contributed by atoms with E-state index in [-0.39, 0.29) is 46.2 Å². The lowest BCUT2D eigenvalue weighted by molar-refractivity contribution is -0.142. The third kappa shape index (κ3) is 3.74. The second-order valence-corrected chi connectivity index (χ2v) is 9.56. The van der Waals surface area contributed by atoms with Crippen molar-refractivity contribution in [1.82, 2.24) is 9.21 Å². The minimum absolute atomic E-state index is 0.0460. The maximum atomic E-state index is 12.9. The number of carbonyl (C=O) groups is 2. The van der Waals surface area contributed by atoms with E-state index in [9.17, 15) is 18.0 Å². The number of nitrogens with zero attached hydrogens (tertiary/aromatic N) is 2. The van der Waals surface area contributed by atoms with Gasteiger partial charge < -0.3 is 14.4 Å². The van der Waals surface area contributed by atoms with Gasteiger partial charge in [-0.05, 0) is 18.9 Å². The monoisotopic (exact) mass is 422 g/mol. The highest BCUT2D eigenvalue weighted by Crippen LogP contribution is 2.33. The maximum absolute atomic E-state index is 12.9. The zero-order valence-electron chi connectivity index (χ0n) is 14.1. The summed E-state index contributed by atoms with van der Waals surface area (Å²) in [6.45, 7) is 1.44. The smallest absolute Gasteiger partial charge is 0.349 e. The van der Waals surface area contributed by atoms with Crippen LogP contribution in [0.5, 0.6) is 0 Å². The molecule has 1 atom stereocenters. The summed E-state index contributed by atoms with van der Waals surface area (Å²) < 4.78 is 37.3. The highest BCUT2D eigenvalue weighted by atomic mass is 35.5. The first-order valence-corrected chi connectivity index (χ1v) is 10.8. The first-order chi connectivity index (χ1) is 12.3. The molecule has 0 N–H and O–H groups in total. The molecule has 1 aromatic heterocycles. The fourth-order valence-corrected chi connectivity index (χ4v) is 6.16. The zero-order chi connectivity index (χ0) is 18.9. The average molecular weight is 423 g/mol. The number of carbonyl (C=O) groups excluding carboxylic acids is 2. The van der Waals surface area contributed by atoms with Gasteiger partial charge in [0.15, 0.2) is 0 Å². The second kappa shape index (κ2) is 7.81. The lowest BCUT2D eigenvalue weighted by atomic mass is 10.2. The van der Waals surface area contributed by atoms with E-state index in [0.29, 0.717) is 13.0 Å². The molecule has 0 saturated carbocycles. The zero-order valence-corrected chi connectivity index (χ0v) is 16.5. The molecular weight excluding hydrogens is 404 g/mol. The molecule has 2 aliphatic heterocycles. The van der Waals surface area contributed by atoms with Crippen LogP contribution in [0.1, 0.15) is 22.5 Å². The van der Waals surface area contributed by atoms with Gasteiger partial charge in [0.1, 0.15) is 15.9 Å². The van der Waals surface area contributed by atoms with Crippen molar-refractivity contribution in [2.45, 2.75) is 23.8 Å². The van der Waals surface area contributed by atoms with Gasteiger partial charge in [0, 0.05) is 32.8 Å². The number of piperazine rings is 1. The molecule has 2 saturated heterocycles. The number of hydrogen-bond donors (Lipinski definition) is 0. The molecule has 1 amide bonds. The predicted octanol–water partition coefficient (Wildman–Crippen LogP) is 1.20. The molecule has 2 fully saturated rings. The van der Waals surface area contributed by atoms with Crippen LogP contribution < -0.4 is 0 Å². The van der Waals surface area contributed by atoms with Crippen molar-refractivity contribution in [2.75, 3.05) is 39.9 Å². The number of thiophene rings is 1. The minimum Gasteiger partial charge on any atom is -0.465 e. The van der Waals surface area contributed by atoms with Crippen molar-refractivity contribution in [2.24, 2.45) is 0 Å². The predicted molar refractivity (Wildman–Crippen MR) is 95.0 cm³/mol. The Bertz CT molecular complexity index is 795. The van der Waals surface area contributed by atoms with E-state index in [1.807, 2.05) is 0 Å². The molecule has 11 heteroatoms. The lowest BCUT2D eigenvalue weighted by Crippen LogP contribution is -2.52. The Morgan fingerprint density at radius 3 is 2.58 bits per heavy atom. The van der Waals surface area contributed by atoms with Crippen LogP contribution in [-0.2, 0) is 24.3 Å². The molecule has 0 radical (unpaired) electrons. The molecule has 3 rings (SSSR count). The van der Waals surface area contributed by atoms with E-state index in [0.717, 1.165) is 17.8 Å². The number of halogens is 1. The van der Waals surface area contributed by atoms with Crippen LogP contribution in [0.15, 0.2) is 11.0 Å². The van der Waals surface area contributed by atoms with Crippen LogP contribution in [0.25, 0.3) is 0 Å². The van der Waals surface area contributed by atoms with Gasteiger partial charge in [-0.2, -0.15) is 4.31 Å². The number of amides is 1. The summed E-state index contributed by atoms with van der Waals surface area (Å²) in [5, 5.41) is 0. The Morgan fingerprint density at radius 2 is 2.00 bits per heavy atom. The molecule has 26 heavy (non-hydrogen) atoms. The van der Waals surface area contributed by atoms with E-state index < -0.39 is 22.1 Å². The molecule has 1 aromatic rings. The number of esters is 1. The Morgan fingerprint density at radius 1 is 1.31 bits per heavy atom. The third-order valence-electron chi connectivity index (χ3n) is 4.41. The SMILES string of the molecule is COC(=O)c1sc(Cl)cc1S(=O)(=O)N1CCN(C(=O)C2CCCO2)CC1. The van der Waals surface area contributed by atoms with Crippen LogP contribution >= 0.6 is 22.9 Å². The Balaban J connectivity index is 1.72. The number of ether oxygens (including phenoxy) is 2. The van der Waals surface area contributed by atoms with Crippen molar-refractivity contribution >= 4 is 44.8 Å². The van der Waals surface area contributed by atoms with E-state index in [1.54, 1.807) is 4.90 Å². The molecule has 1 unspecified atom stereocenters. The third-order valence-corrected chi connectivity index (χ3v) is 7.71. The van der Waals surface area contributed by atoms with Crippen molar-refractivity contribution in [3.63, 3.8) is 0 Å². The van der Waals surface area contributed by atoms with Gasteiger partial charge in [-0.3, -0.25) is 4.79 Å². The topological polar surface area (TPSA) is 93.2 Å². The van der Waals surface area contributed by atoms with Crippen LogP contribution in [0.3, 0.4) is 0 Å². The van der Waals surface area contributed by atoms with E-state index in [1.165, 1.54) is 17.5 Å². The standard InChI is InChI=1S/C15H19ClN2O6S2/c1-23-15(20)13-11(9-12(16)25-13)26(21,22)18-6-4-17(5-7-18)14(19)10-3-2-8-24-10/h9-10H,2-8H2,1H3. The fraction of sp³-hybridized carbons (Fsp3) is 0.600. The summed E-state index contributed by atoms with van der Waals surface area (Å²) in [5.41, 5.74) is 0. The van der Waals surface area contributed by atoms with Crippen LogP contribution in [0, 0.1) is 0 Å². The Labute approximate surface area is 160 Å². The molecule has 0 bridgehead atoms. The molecule has 0 aromatic carbocycles. The van der Waals surface area contributed by atoms with Crippen LogP contribution in [0.4, 0.5) is 0 Å². The van der Waals surface area contributed by atoms with Gasteiger partial charge >= 0.3 is 5.97 Å². The van der Waals surface area contributed by atoms with Crippen molar-refractivity contribution in [3.8, 4) is 0 Å². The first kappa shape index (κ1) is 19.6. The number of hydrogen-bond acceptors (Lipinski definition) is 7. The second-order valence-electron chi connectivity index (χ2n) is 5.97. The average Bonchev–Trinajstić information content (AvgIpc) is 3.30. The molecule has 2 aliphatic rings. The van der Waals surface area contributed by atoms with Gasteiger partial charge in [-0.25, -0.2) is 13.2 Å². The molecular formula is C15H19ClN2O6S2. The van der Waals surface area contributed by atoms with Gasteiger partial charge in [0.25, 0.3) is 5.91 Å². The minimum atomic E-state index is -3.91.